The fraction of sp³-hybridized carbons (Fsp3) is 0.587. The number of rotatable bonds is 30. The van der Waals surface area contributed by atoms with Gasteiger partial charge in [0.1, 0.15) is 23.9 Å². The van der Waals surface area contributed by atoms with Gasteiger partial charge in [-0.25, -0.2) is 0 Å². The van der Waals surface area contributed by atoms with Crippen LogP contribution >= 0.6 is 0 Å². The minimum atomic E-state index is -5.23. The monoisotopic (exact) mass is 1120 g/mol. The third-order valence-corrected chi connectivity index (χ3v) is 11.1. The Kier molecular flexibility index (Phi) is 28.2. The van der Waals surface area contributed by atoms with Crippen molar-refractivity contribution in [3.05, 3.63) is 29.8 Å². The van der Waals surface area contributed by atoms with E-state index < -0.39 is 147 Å². The maximum Gasteiger partial charge on any atom is 0.471 e. The standard InChI is InChI=1S/C46H67F3N12O17/c1-26(2)40-43(76)56-30(6-4-11-52-45(50)58-44(77)46(47,48)49)41(74)53-20-33(62)55-32(19-35(64)65)42(75)57-31(27(3)54-40)18-28-7-9-29(10-8-28)78-17-5-12-51-34(63)21-60(23-37(68)69)15-13-59(22-36(66)67)14-16-61(24-38(70)71)25-39(72)73/h7-10,26,30-32,40H,4-6,11-25H2,1-3H3,(H,51,63)(H,53,74)(H,55,62)(H,56,76)(H,57,75)(H,64,65)(H,66,67)(H,68,69)(H,70,71)(H,72,73)(H3,50,52,58,77)/t30-,31+,32-,40-/m0/s1. The molecule has 1 aliphatic rings. The lowest BCUT2D eigenvalue weighted by molar-refractivity contribution is -0.171. The molecule has 13 N–H and O–H groups in total. The number of carboxylic acid groups (broad SMARTS) is 5. The van der Waals surface area contributed by atoms with E-state index in [4.69, 9.17) is 20.7 Å². The molecule has 0 bridgehead atoms. The third-order valence-electron chi connectivity index (χ3n) is 11.1. The van der Waals surface area contributed by atoms with Gasteiger partial charge in [-0.15, -0.1) is 0 Å². The van der Waals surface area contributed by atoms with E-state index in [0.29, 0.717) is 11.3 Å². The molecule has 78 heavy (non-hydrogen) atoms. The van der Waals surface area contributed by atoms with E-state index in [9.17, 15) is 81.2 Å². The van der Waals surface area contributed by atoms with Crippen molar-refractivity contribution >= 4 is 77.0 Å². The van der Waals surface area contributed by atoms with Crippen LogP contribution in [0.4, 0.5) is 13.2 Å². The van der Waals surface area contributed by atoms with Gasteiger partial charge in [0.25, 0.3) is 0 Å². The number of nitrogens with two attached hydrogens (primary N) is 1. The molecule has 0 aliphatic carbocycles. The summed E-state index contributed by atoms with van der Waals surface area (Å²) in [6.07, 6.45) is -6.08. The lowest BCUT2D eigenvalue weighted by Gasteiger charge is -2.27. The predicted octanol–water partition coefficient (Wildman–Crippen LogP) is -3.32. The minimum absolute atomic E-state index is 0.0119. The number of nitrogens with zero attached hydrogens (tertiary/aromatic N) is 5. The van der Waals surface area contributed by atoms with Gasteiger partial charge in [0.2, 0.25) is 29.5 Å². The number of guanidine groups is 1. The zero-order valence-corrected chi connectivity index (χ0v) is 43.0. The van der Waals surface area contributed by atoms with E-state index in [1.165, 1.54) is 22.0 Å². The highest BCUT2D eigenvalue weighted by Gasteiger charge is 2.39. The number of benzene rings is 1. The first-order valence-corrected chi connectivity index (χ1v) is 24.2. The lowest BCUT2D eigenvalue weighted by Crippen LogP contribution is -2.54. The fourth-order valence-electron chi connectivity index (χ4n) is 7.30. The van der Waals surface area contributed by atoms with Crippen LogP contribution in [0.5, 0.6) is 5.75 Å². The Bertz CT molecular complexity index is 2320. The van der Waals surface area contributed by atoms with Crippen LogP contribution in [0, 0.1) is 5.92 Å². The van der Waals surface area contributed by atoms with Crippen LogP contribution in [0.2, 0.25) is 0 Å². The molecule has 434 valence electrons. The Morgan fingerprint density at radius 1 is 0.744 bits per heavy atom. The molecule has 0 saturated carbocycles. The number of aliphatic carboxylic acids is 5. The number of carbonyl (C=O) groups excluding carboxylic acids is 6. The van der Waals surface area contributed by atoms with Crippen LogP contribution in [0.1, 0.15) is 52.0 Å². The molecule has 4 atom stereocenters. The van der Waals surface area contributed by atoms with Crippen molar-refractivity contribution < 1.29 is 96.2 Å². The van der Waals surface area contributed by atoms with Crippen molar-refractivity contribution in [2.75, 3.05) is 85.1 Å². The van der Waals surface area contributed by atoms with Gasteiger partial charge in [0, 0.05) is 45.0 Å². The van der Waals surface area contributed by atoms with Crippen LogP contribution in [0.25, 0.3) is 0 Å². The Balaban J connectivity index is 2.18. The van der Waals surface area contributed by atoms with Crippen molar-refractivity contribution in [2.24, 2.45) is 21.6 Å². The molecule has 0 unspecified atom stereocenters. The average Bonchev–Trinajstić information content (AvgIpc) is 3.32. The van der Waals surface area contributed by atoms with E-state index in [1.54, 1.807) is 38.1 Å². The summed E-state index contributed by atoms with van der Waals surface area (Å²) in [5.74, 6) is -14.0. The predicted molar refractivity (Wildman–Crippen MR) is 266 cm³/mol. The Hall–Kier alpha value is -8.00. The summed E-state index contributed by atoms with van der Waals surface area (Å²) in [6.45, 7) is 0.872. The summed E-state index contributed by atoms with van der Waals surface area (Å²) in [5, 5.41) is 60.5. The average molecular weight is 1120 g/mol. The van der Waals surface area contributed by atoms with Gasteiger partial charge in [-0.3, -0.25) is 82.7 Å². The summed E-state index contributed by atoms with van der Waals surface area (Å²) in [4.78, 5) is 147. The highest BCUT2D eigenvalue weighted by atomic mass is 19.4. The molecule has 6 amide bonds. The second-order valence-corrected chi connectivity index (χ2v) is 18.1. The normalized spacial score (nSPS) is 17.9. The number of carbonyl (C=O) groups is 11. The topological polar surface area (TPSA) is 431 Å². The van der Waals surface area contributed by atoms with E-state index in [-0.39, 0.29) is 83.8 Å². The minimum Gasteiger partial charge on any atom is -0.494 e. The van der Waals surface area contributed by atoms with Crippen LogP contribution in [0.3, 0.4) is 0 Å². The largest absolute Gasteiger partial charge is 0.494 e. The number of nitrogens with one attached hydrogen (secondary N) is 6. The molecule has 1 aromatic rings. The molecule has 2 rings (SSSR count). The molecule has 1 aromatic carbocycles. The van der Waals surface area contributed by atoms with Gasteiger partial charge < -0.3 is 62.6 Å². The molecule has 0 radical (unpaired) electrons. The number of ether oxygens (including phenoxy) is 1. The van der Waals surface area contributed by atoms with E-state index in [1.807, 2.05) is 0 Å². The van der Waals surface area contributed by atoms with Crippen LogP contribution in [-0.4, -0.2) is 233 Å². The summed E-state index contributed by atoms with van der Waals surface area (Å²) in [7, 11) is 0. The van der Waals surface area contributed by atoms with Crippen molar-refractivity contribution in [1.29, 1.82) is 0 Å². The maximum absolute atomic E-state index is 13.8. The number of hydrogen-bond acceptors (Lipinski definition) is 17. The second kappa shape index (κ2) is 33.2. The van der Waals surface area contributed by atoms with E-state index >= 15 is 0 Å². The Morgan fingerprint density at radius 2 is 1.28 bits per heavy atom. The molecule has 32 heteroatoms. The SMILES string of the molecule is CC1=N[C@@H](C(C)C)C(=O)N[C@@H](CCCN=C(N)NC(=O)C(F)(F)F)C(=O)NCC(=O)N[C@@H](CC(=O)O)C(=O)N[C@@H]1Cc1ccc(OCCCNC(=O)CN(CCN(CCN(CC(=O)O)CC(=O)O)CC(=O)O)CC(=O)O)cc1. The van der Waals surface area contributed by atoms with Gasteiger partial charge in [-0.2, -0.15) is 13.2 Å². The molecular weight excluding hydrogens is 1050 g/mol. The number of halogens is 3. The first kappa shape index (κ1) is 66.1. The number of carboxylic acids is 5. The number of hydrogen-bond donors (Lipinski definition) is 12. The molecule has 29 nitrogen and oxygen atoms in total. The molecule has 0 fully saturated rings. The zero-order chi connectivity index (χ0) is 58.7. The molecule has 0 spiro atoms. The molecule has 1 aliphatic heterocycles. The summed E-state index contributed by atoms with van der Waals surface area (Å²) < 4.78 is 43.7. The maximum atomic E-state index is 13.8. The van der Waals surface area contributed by atoms with Crippen LogP contribution < -0.4 is 42.4 Å². The van der Waals surface area contributed by atoms with Crippen molar-refractivity contribution in [3.8, 4) is 5.75 Å². The number of aliphatic imine (C=N–C) groups is 2. The second-order valence-electron chi connectivity index (χ2n) is 18.1. The van der Waals surface area contributed by atoms with E-state index in [0.717, 1.165) is 4.90 Å². The van der Waals surface area contributed by atoms with Gasteiger partial charge in [0.15, 0.2) is 5.96 Å². The van der Waals surface area contributed by atoms with Gasteiger partial charge in [-0.05, 0) is 56.2 Å². The highest BCUT2D eigenvalue weighted by molar-refractivity contribution is 5.99. The first-order valence-electron chi connectivity index (χ1n) is 24.2. The molecule has 0 aromatic heterocycles. The Morgan fingerprint density at radius 3 is 1.82 bits per heavy atom. The highest BCUT2D eigenvalue weighted by Crippen LogP contribution is 2.17. The van der Waals surface area contributed by atoms with Crippen molar-refractivity contribution in [1.82, 2.24) is 46.6 Å². The number of amides is 6. The molecule has 1 heterocycles. The number of alkyl halides is 3. The van der Waals surface area contributed by atoms with Gasteiger partial charge >= 0.3 is 41.9 Å². The van der Waals surface area contributed by atoms with Crippen LogP contribution in [-0.2, 0) is 59.2 Å². The summed E-state index contributed by atoms with van der Waals surface area (Å²) in [5.41, 5.74) is 6.15. The quantitative estimate of drug-likeness (QED) is 0.0204. The summed E-state index contributed by atoms with van der Waals surface area (Å²) in [6, 6.07) is 1.27. The Labute approximate surface area is 444 Å². The van der Waals surface area contributed by atoms with E-state index in [2.05, 4.69) is 36.6 Å². The van der Waals surface area contributed by atoms with Crippen molar-refractivity contribution in [2.45, 2.75) is 83.2 Å². The van der Waals surface area contributed by atoms with Gasteiger partial charge in [-0.1, -0.05) is 26.0 Å². The first-order chi connectivity index (χ1) is 36.5. The zero-order valence-electron chi connectivity index (χ0n) is 43.0. The summed E-state index contributed by atoms with van der Waals surface area (Å²) >= 11 is 0. The van der Waals surface area contributed by atoms with Gasteiger partial charge in [0.05, 0.1) is 58.3 Å². The fourth-order valence-corrected chi connectivity index (χ4v) is 7.30. The van der Waals surface area contributed by atoms with Crippen molar-refractivity contribution in [3.63, 3.8) is 0 Å². The molecule has 0 saturated heterocycles. The van der Waals surface area contributed by atoms with Crippen LogP contribution in [0.15, 0.2) is 34.3 Å². The molecular formula is C46H67F3N12O17. The smallest absolute Gasteiger partial charge is 0.471 e. The lowest BCUT2D eigenvalue weighted by atomic mass is 9.99. The third kappa shape index (κ3) is 27.2.